The molecule has 0 aromatic carbocycles. The van der Waals surface area contributed by atoms with E-state index in [0.717, 1.165) is 0 Å². The van der Waals surface area contributed by atoms with E-state index in [1.54, 1.807) is 0 Å². The number of hydrogen-bond acceptors (Lipinski definition) is 2. The molecule has 0 bridgehead atoms. The Kier molecular flexibility index (Phi) is 2.70. The second-order valence-electron chi connectivity index (χ2n) is 6.18. The molecule has 1 atom stereocenters. The van der Waals surface area contributed by atoms with Crippen molar-refractivity contribution in [2.75, 3.05) is 0 Å². The van der Waals surface area contributed by atoms with Crippen molar-refractivity contribution >= 4 is 35.6 Å². The highest BCUT2D eigenvalue weighted by atomic mass is 32.1. The first-order chi connectivity index (χ1) is 8.86. The number of fused-ring (bicyclic) bond motifs is 3. The topological polar surface area (TPSA) is 26.0 Å². The third-order valence-electron chi connectivity index (χ3n) is 3.59. The molecule has 98 valence electrons. The fourth-order valence-corrected chi connectivity index (χ4v) is 3.39. The highest BCUT2D eigenvalue weighted by Gasteiger charge is 2.20. The first kappa shape index (κ1) is 12.6. The Balaban J connectivity index is 2.15. The SMILES string of the molecule is CC1(C)C=Cc2sc3c(c2C=C1)C=CC(C)(N)C=C3. The fourth-order valence-electron chi connectivity index (χ4n) is 2.30. The molecule has 0 aliphatic heterocycles. The summed E-state index contributed by atoms with van der Waals surface area (Å²) in [7, 11) is 0. The third kappa shape index (κ3) is 2.38. The molecule has 0 amide bonds. The highest BCUT2D eigenvalue weighted by molar-refractivity contribution is 7.14. The van der Waals surface area contributed by atoms with Crippen molar-refractivity contribution in [1.29, 1.82) is 0 Å². The summed E-state index contributed by atoms with van der Waals surface area (Å²) in [6, 6.07) is 0. The van der Waals surface area contributed by atoms with E-state index in [1.807, 2.05) is 18.3 Å². The Morgan fingerprint density at radius 1 is 0.789 bits per heavy atom. The van der Waals surface area contributed by atoms with E-state index in [1.165, 1.54) is 20.9 Å². The van der Waals surface area contributed by atoms with Gasteiger partial charge in [0.05, 0.1) is 5.54 Å². The Hall–Kier alpha value is -1.38. The molecule has 2 heteroatoms. The molecule has 1 heterocycles. The van der Waals surface area contributed by atoms with Gasteiger partial charge in [-0.1, -0.05) is 50.3 Å². The van der Waals surface area contributed by atoms with Crippen molar-refractivity contribution in [1.82, 2.24) is 0 Å². The van der Waals surface area contributed by atoms with Crippen molar-refractivity contribution in [3.05, 3.63) is 45.2 Å². The number of rotatable bonds is 0. The average Bonchev–Trinajstić information content (AvgIpc) is 2.49. The summed E-state index contributed by atoms with van der Waals surface area (Å²) in [6.07, 6.45) is 17.5. The van der Waals surface area contributed by atoms with Gasteiger partial charge in [0, 0.05) is 20.7 Å². The first-order valence-electron chi connectivity index (χ1n) is 6.59. The molecule has 1 nitrogen and oxygen atoms in total. The molecule has 2 aliphatic rings. The Morgan fingerprint density at radius 2 is 1.26 bits per heavy atom. The normalized spacial score (nSPS) is 26.7. The van der Waals surface area contributed by atoms with Crippen LogP contribution in [0.3, 0.4) is 0 Å². The highest BCUT2D eigenvalue weighted by Crippen LogP contribution is 2.38. The lowest BCUT2D eigenvalue weighted by Crippen LogP contribution is -2.30. The van der Waals surface area contributed by atoms with Crippen LogP contribution in [0.25, 0.3) is 24.3 Å². The summed E-state index contributed by atoms with van der Waals surface area (Å²) in [6.45, 7) is 6.47. The van der Waals surface area contributed by atoms with Gasteiger partial charge in [0.2, 0.25) is 0 Å². The maximum atomic E-state index is 6.17. The van der Waals surface area contributed by atoms with Crippen LogP contribution in [0.1, 0.15) is 41.7 Å². The van der Waals surface area contributed by atoms with E-state index in [0.29, 0.717) is 0 Å². The van der Waals surface area contributed by atoms with Gasteiger partial charge >= 0.3 is 0 Å². The summed E-state index contributed by atoms with van der Waals surface area (Å²) in [4.78, 5) is 2.63. The van der Waals surface area contributed by atoms with Crippen molar-refractivity contribution < 1.29 is 0 Å². The Bertz CT molecular complexity index is 582. The predicted octanol–water partition coefficient (Wildman–Crippen LogP) is 4.57. The first-order valence-corrected chi connectivity index (χ1v) is 7.41. The molecule has 19 heavy (non-hydrogen) atoms. The van der Waals surface area contributed by atoms with Crippen LogP contribution in [0.2, 0.25) is 0 Å². The number of allylic oxidation sites excluding steroid dienone is 2. The third-order valence-corrected chi connectivity index (χ3v) is 4.74. The zero-order valence-corrected chi connectivity index (χ0v) is 12.4. The van der Waals surface area contributed by atoms with Crippen molar-refractivity contribution in [3.8, 4) is 0 Å². The predicted molar refractivity (Wildman–Crippen MR) is 86.8 cm³/mol. The van der Waals surface area contributed by atoms with E-state index in [9.17, 15) is 0 Å². The molecule has 1 aromatic heterocycles. The Labute approximate surface area is 118 Å². The summed E-state index contributed by atoms with van der Waals surface area (Å²) in [5.41, 5.74) is 8.55. The maximum absolute atomic E-state index is 6.17. The molecule has 0 saturated carbocycles. The second-order valence-corrected chi connectivity index (χ2v) is 7.26. The molecular formula is C17H19NS. The van der Waals surface area contributed by atoms with Crippen LogP contribution >= 0.6 is 11.3 Å². The van der Waals surface area contributed by atoms with E-state index >= 15 is 0 Å². The van der Waals surface area contributed by atoms with Gasteiger partial charge in [0.15, 0.2) is 0 Å². The van der Waals surface area contributed by atoms with Gasteiger partial charge in [0.1, 0.15) is 0 Å². The molecule has 1 aromatic rings. The standard InChI is InChI=1S/C17H19NS/c1-16(2)8-4-12-13-5-10-17(3,18)11-7-15(13)19-14(12)6-9-16/h4-11H,18H2,1-3H3. The molecule has 0 radical (unpaired) electrons. The van der Waals surface area contributed by atoms with Gasteiger partial charge in [-0.05, 0) is 24.6 Å². The molecule has 2 aliphatic carbocycles. The summed E-state index contributed by atoms with van der Waals surface area (Å²) in [5.74, 6) is 0. The van der Waals surface area contributed by atoms with Crippen LogP contribution in [0, 0.1) is 5.41 Å². The van der Waals surface area contributed by atoms with E-state index in [-0.39, 0.29) is 11.0 Å². The van der Waals surface area contributed by atoms with Crippen molar-refractivity contribution in [2.45, 2.75) is 26.3 Å². The zero-order valence-electron chi connectivity index (χ0n) is 11.6. The number of nitrogens with two attached hydrogens (primary N) is 1. The minimum Gasteiger partial charge on any atom is -0.319 e. The van der Waals surface area contributed by atoms with Crippen LogP contribution < -0.4 is 5.73 Å². The van der Waals surface area contributed by atoms with E-state index in [2.05, 4.69) is 62.5 Å². The summed E-state index contributed by atoms with van der Waals surface area (Å²) < 4.78 is 0. The van der Waals surface area contributed by atoms with Gasteiger partial charge in [-0.2, -0.15) is 0 Å². The smallest absolute Gasteiger partial charge is 0.0503 e. The lowest BCUT2D eigenvalue weighted by Gasteiger charge is -2.12. The number of thiophene rings is 1. The van der Waals surface area contributed by atoms with Crippen molar-refractivity contribution in [2.24, 2.45) is 11.1 Å². The Morgan fingerprint density at radius 3 is 1.95 bits per heavy atom. The molecule has 0 spiro atoms. The summed E-state index contributed by atoms with van der Waals surface area (Å²) >= 11 is 1.83. The van der Waals surface area contributed by atoms with Gasteiger partial charge in [0.25, 0.3) is 0 Å². The van der Waals surface area contributed by atoms with E-state index < -0.39 is 0 Å². The molecule has 0 saturated heterocycles. The minimum absolute atomic E-state index is 0.123. The molecule has 3 rings (SSSR count). The lowest BCUT2D eigenvalue weighted by atomic mass is 9.93. The largest absolute Gasteiger partial charge is 0.319 e. The van der Waals surface area contributed by atoms with Crippen molar-refractivity contribution in [3.63, 3.8) is 0 Å². The van der Waals surface area contributed by atoms with Crippen LogP contribution in [-0.2, 0) is 0 Å². The van der Waals surface area contributed by atoms with E-state index in [4.69, 9.17) is 5.73 Å². The number of hydrogen-bond donors (Lipinski definition) is 1. The second kappa shape index (κ2) is 4.06. The monoisotopic (exact) mass is 269 g/mol. The molecule has 2 N–H and O–H groups in total. The van der Waals surface area contributed by atoms with Gasteiger partial charge < -0.3 is 5.73 Å². The molecular weight excluding hydrogens is 250 g/mol. The lowest BCUT2D eigenvalue weighted by molar-refractivity contribution is 0.633. The maximum Gasteiger partial charge on any atom is 0.0503 e. The zero-order chi connectivity index (χ0) is 13.7. The van der Waals surface area contributed by atoms with Crippen LogP contribution in [0.5, 0.6) is 0 Å². The average molecular weight is 269 g/mol. The van der Waals surface area contributed by atoms with Crippen LogP contribution in [0.15, 0.2) is 24.3 Å². The van der Waals surface area contributed by atoms with Gasteiger partial charge in [-0.15, -0.1) is 11.3 Å². The van der Waals surface area contributed by atoms with Gasteiger partial charge in [-0.25, -0.2) is 0 Å². The minimum atomic E-state index is -0.352. The van der Waals surface area contributed by atoms with Gasteiger partial charge in [-0.3, -0.25) is 0 Å². The van der Waals surface area contributed by atoms with Crippen LogP contribution in [0.4, 0.5) is 0 Å². The molecule has 0 fully saturated rings. The van der Waals surface area contributed by atoms with Crippen LogP contribution in [-0.4, -0.2) is 5.54 Å². The summed E-state index contributed by atoms with van der Waals surface area (Å²) in [5, 5.41) is 0. The molecule has 1 unspecified atom stereocenters. The fraction of sp³-hybridized carbons (Fsp3) is 0.294. The quantitative estimate of drug-likeness (QED) is 0.733.